The predicted octanol–water partition coefficient (Wildman–Crippen LogP) is 0.922. The van der Waals surface area contributed by atoms with Crippen molar-refractivity contribution in [2.24, 2.45) is 5.73 Å². The minimum atomic E-state index is -0.528. The molecule has 78 valence electrons. The standard InChI is InChI=1S/C10H15ClN2O/c11-9-3-1-2-8(6-9)10(14)7-13-5-4-12/h1-3,6,10,13-14H,4-5,7,12H2. The number of aliphatic hydroxyl groups is 1. The van der Waals surface area contributed by atoms with Crippen LogP contribution >= 0.6 is 11.6 Å². The topological polar surface area (TPSA) is 58.3 Å². The van der Waals surface area contributed by atoms with Crippen LogP contribution in [0.4, 0.5) is 0 Å². The van der Waals surface area contributed by atoms with Crippen LogP contribution in [0.3, 0.4) is 0 Å². The van der Waals surface area contributed by atoms with E-state index in [1.54, 1.807) is 12.1 Å². The lowest BCUT2D eigenvalue weighted by Gasteiger charge is -2.11. The van der Waals surface area contributed by atoms with E-state index in [1.165, 1.54) is 0 Å². The van der Waals surface area contributed by atoms with E-state index in [9.17, 15) is 5.11 Å². The second-order valence-electron chi connectivity index (χ2n) is 3.06. The van der Waals surface area contributed by atoms with Gasteiger partial charge in [-0.1, -0.05) is 23.7 Å². The molecule has 0 spiro atoms. The maximum atomic E-state index is 9.71. The number of hydrogen-bond acceptors (Lipinski definition) is 3. The van der Waals surface area contributed by atoms with Crippen LogP contribution in [0.5, 0.6) is 0 Å². The Balaban J connectivity index is 2.47. The molecule has 0 aromatic heterocycles. The van der Waals surface area contributed by atoms with Gasteiger partial charge in [-0.3, -0.25) is 0 Å². The molecule has 4 N–H and O–H groups in total. The van der Waals surface area contributed by atoms with Crippen molar-refractivity contribution in [3.8, 4) is 0 Å². The first-order valence-corrected chi connectivity index (χ1v) is 4.96. The first-order chi connectivity index (χ1) is 6.74. The highest BCUT2D eigenvalue weighted by molar-refractivity contribution is 6.30. The number of benzene rings is 1. The number of hydrogen-bond donors (Lipinski definition) is 3. The number of nitrogens with two attached hydrogens (primary N) is 1. The molecule has 1 unspecified atom stereocenters. The average molecular weight is 215 g/mol. The predicted molar refractivity (Wildman–Crippen MR) is 58.3 cm³/mol. The van der Waals surface area contributed by atoms with Crippen molar-refractivity contribution in [2.45, 2.75) is 6.10 Å². The van der Waals surface area contributed by atoms with E-state index in [-0.39, 0.29) is 0 Å². The second kappa shape index (κ2) is 5.98. The quantitative estimate of drug-likeness (QED) is 0.639. The van der Waals surface area contributed by atoms with E-state index in [1.807, 2.05) is 12.1 Å². The summed E-state index contributed by atoms with van der Waals surface area (Å²) < 4.78 is 0. The Labute approximate surface area is 88.9 Å². The number of aliphatic hydroxyl groups excluding tert-OH is 1. The zero-order valence-electron chi connectivity index (χ0n) is 7.91. The van der Waals surface area contributed by atoms with Crippen molar-refractivity contribution in [3.63, 3.8) is 0 Å². The van der Waals surface area contributed by atoms with E-state index < -0.39 is 6.10 Å². The van der Waals surface area contributed by atoms with Gasteiger partial charge in [0.1, 0.15) is 0 Å². The molecule has 0 bridgehead atoms. The highest BCUT2D eigenvalue weighted by Crippen LogP contribution is 2.16. The molecule has 0 aliphatic rings. The summed E-state index contributed by atoms with van der Waals surface area (Å²) in [6.07, 6.45) is -0.528. The summed E-state index contributed by atoms with van der Waals surface area (Å²) in [5.41, 5.74) is 6.13. The Bertz CT molecular complexity index is 281. The Morgan fingerprint density at radius 3 is 2.93 bits per heavy atom. The van der Waals surface area contributed by atoms with E-state index in [0.717, 1.165) is 5.56 Å². The molecule has 0 amide bonds. The van der Waals surface area contributed by atoms with Crippen molar-refractivity contribution in [1.29, 1.82) is 0 Å². The molecule has 1 atom stereocenters. The first kappa shape index (κ1) is 11.5. The van der Waals surface area contributed by atoms with Gasteiger partial charge in [-0.2, -0.15) is 0 Å². The molecule has 3 nitrogen and oxygen atoms in total. The second-order valence-corrected chi connectivity index (χ2v) is 3.50. The van der Waals surface area contributed by atoms with Crippen LogP contribution in [0.2, 0.25) is 5.02 Å². The van der Waals surface area contributed by atoms with Crippen LogP contribution in [-0.4, -0.2) is 24.7 Å². The summed E-state index contributed by atoms with van der Waals surface area (Å²) in [5, 5.41) is 13.4. The average Bonchev–Trinajstić information content (AvgIpc) is 2.18. The van der Waals surface area contributed by atoms with Crippen molar-refractivity contribution in [3.05, 3.63) is 34.9 Å². The minimum Gasteiger partial charge on any atom is -0.387 e. The molecule has 0 saturated heterocycles. The van der Waals surface area contributed by atoms with Gasteiger partial charge >= 0.3 is 0 Å². The van der Waals surface area contributed by atoms with Crippen LogP contribution in [0.25, 0.3) is 0 Å². The first-order valence-electron chi connectivity index (χ1n) is 4.58. The van der Waals surface area contributed by atoms with Gasteiger partial charge in [0, 0.05) is 24.7 Å². The van der Waals surface area contributed by atoms with E-state index >= 15 is 0 Å². The summed E-state index contributed by atoms with van der Waals surface area (Å²) in [4.78, 5) is 0. The van der Waals surface area contributed by atoms with Crippen LogP contribution in [0, 0.1) is 0 Å². The van der Waals surface area contributed by atoms with Gasteiger partial charge in [-0.15, -0.1) is 0 Å². The van der Waals surface area contributed by atoms with Crippen LogP contribution in [-0.2, 0) is 0 Å². The molecule has 1 aromatic rings. The van der Waals surface area contributed by atoms with Gasteiger partial charge in [0.25, 0.3) is 0 Å². The van der Waals surface area contributed by atoms with E-state index in [2.05, 4.69) is 5.32 Å². The molecule has 1 aromatic carbocycles. The summed E-state index contributed by atoms with van der Waals surface area (Å²) in [6, 6.07) is 7.21. The Hall–Kier alpha value is -0.610. The van der Waals surface area contributed by atoms with Crippen LogP contribution < -0.4 is 11.1 Å². The third kappa shape index (κ3) is 3.64. The maximum Gasteiger partial charge on any atom is 0.0914 e. The van der Waals surface area contributed by atoms with Crippen molar-refractivity contribution in [1.82, 2.24) is 5.32 Å². The Kier molecular flexibility index (Phi) is 4.90. The van der Waals surface area contributed by atoms with Crippen LogP contribution in [0.15, 0.2) is 24.3 Å². The summed E-state index contributed by atoms with van der Waals surface area (Å²) in [5.74, 6) is 0. The molecule has 0 aliphatic heterocycles. The highest BCUT2D eigenvalue weighted by atomic mass is 35.5. The molecule has 4 heteroatoms. The van der Waals surface area contributed by atoms with Gasteiger partial charge in [0.05, 0.1) is 6.10 Å². The van der Waals surface area contributed by atoms with Gasteiger partial charge in [0.15, 0.2) is 0 Å². The molecular formula is C10H15ClN2O. The molecule has 14 heavy (non-hydrogen) atoms. The summed E-state index contributed by atoms with van der Waals surface area (Å²) in [6.45, 7) is 1.78. The minimum absolute atomic E-state index is 0.498. The van der Waals surface area contributed by atoms with Gasteiger partial charge in [-0.05, 0) is 17.7 Å². The summed E-state index contributed by atoms with van der Waals surface area (Å²) >= 11 is 5.80. The zero-order chi connectivity index (χ0) is 10.4. The normalized spacial score (nSPS) is 12.8. The molecule has 1 rings (SSSR count). The Morgan fingerprint density at radius 2 is 2.29 bits per heavy atom. The van der Waals surface area contributed by atoms with Crippen LogP contribution in [0.1, 0.15) is 11.7 Å². The zero-order valence-corrected chi connectivity index (χ0v) is 8.67. The van der Waals surface area contributed by atoms with Crippen molar-refractivity contribution < 1.29 is 5.11 Å². The maximum absolute atomic E-state index is 9.71. The third-order valence-corrected chi connectivity index (χ3v) is 2.13. The molecule has 0 fully saturated rings. The lowest BCUT2D eigenvalue weighted by molar-refractivity contribution is 0.175. The fraction of sp³-hybridized carbons (Fsp3) is 0.400. The third-order valence-electron chi connectivity index (χ3n) is 1.89. The lowest BCUT2D eigenvalue weighted by Crippen LogP contribution is -2.27. The number of rotatable bonds is 5. The summed E-state index contributed by atoms with van der Waals surface area (Å²) in [7, 11) is 0. The van der Waals surface area contributed by atoms with Gasteiger partial charge in [-0.25, -0.2) is 0 Å². The molecule has 0 radical (unpaired) electrons. The SMILES string of the molecule is NCCNCC(O)c1cccc(Cl)c1. The van der Waals surface area contributed by atoms with Crippen molar-refractivity contribution in [2.75, 3.05) is 19.6 Å². The van der Waals surface area contributed by atoms with E-state index in [4.69, 9.17) is 17.3 Å². The molecule has 0 saturated carbocycles. The van der Waals surface area contributed by atoms with Gasteiger partial charge < -0.3 is 16.2 Å². The molecule has 0 heterocycles. The smallest absolute Gasteiger partial charge is 0.0914 e. The van der Waals surface area contributed by atoms with Gasteiger partial charge in [0.2, 0.25) is 0 Å². The number of nitrogens with one attached hydrogen (secondary N) is 1. The Morgan fingerprint density at radius 1 is 1.50 bits per heavy atom. The fourth-order valence-corrected chi connectivity index (χ4v) is 1.37. The monoisotopic (exact) mass is 214 g/mol. The number of halogens is 1. The highest BCUT2D eigenvalue weighted by Gasteiger charge is 2.06. The van der Waals surface area contributed by atoms with E-state index in [0.29, 0.717) is 24.7 Å². The largest absolute Gasteiger partial charge is 0.387 e. The molecule has 0 aliphatic carbocycles. The lowest BCUT2D eigenvalue weighted by atomic mass is 10.1. The molecular weight excluding hydrogens is 200 g/mol. The fourth-order valence-electron chi connectivity index (χ4n) is 1.17. The van der Waals surface area contributed by atoms with Crippen molar-refractivity contribution >= 4 is 11.6 Å².